The lowest BCUT2D eigenvalue weighted by atomic mass is 9.77. The molecule has 3 aliphatic heterocycles. The van der Waals surface area contributed by atoms with Gasteiger partial charge >= 0.3 is 5.97 Å². The number of nitrogens with two attached hydrogens (primary N) is 1. The van der Waals surface area contributed by atoms with Crippen LogP contribution in [0.2, 0.25) is 0 Å². The van der Waals surface area contributed by atoms with E-state index in [0.717, 1.165) is 12.8 Å². The van der Waals surface area contributed by atoms with Gasteiger partial charge in [-0.1, -0.05) is 12.2 Å². The summed E-state index contributed by atoms with van der Waals surface area (Å²) in [6.45, 7) is 0.658. The predicted molar refractivity (Wildman–Crippen MR) is 68.6 cm³/mol. The van der Waals surface area contributed by atoms with Gasteiger partial charge in [0.1, 0.15) is 12.2 Å². The average Bonchev–Trinajstić information content (AvgIpc) is 3.01. The minimum absolute atomic E-state index is 0.213. The summed E-state index contributed by atoms with van der Waals surface area (Å²) in [6, 6.07) is 0. The zero-order chi connectivity index (χ0) is 13.4. The standard InChI is InChI=1S/C14H21NO4/c15-7-9-8(5-3-1-2-4-6-10(16)17)11-13-14(19-13)12(9)18-11/h1,3,8-9,11-14H,2,4-7,15H2,(H,16,17)/t8-,9+,11+,12-,13-,14+/m0/s1. The Labute approximate surface area is 112 Å². The highest BCUT2D eigenvalue weighted by molar-refractivity contribution is 5.66. The van der Waals surface area contributed by atoms with Crippen LogP contribution in [-0.4, -0.2) is 42.0 Å². The maximum absolute atomic E-state index is 10.4. The minimum atomic E-state index is -0.727. The molecule has 0 saturated carbocycles. The van der Waals surface area contributed by atoms with E-state index in [2.05, 4.69) is 12.2 Å². The SMILES string of the molecule is NC[C@@H]1[C@H](CC=CCCCC(=O)O)[C@H]2O[C@@H]1[C@H]1O[C@H]12. The highest BCUT2D eigenvalue weighted by Gasteiger charge is 2.68. The van der Waals surface area contributed by atoms with Crippen molar-refractivity contribution in [2.24, 2.45) is 17.6 Å². The molecule has 2 bridgehead atoms. The number of ether oxygens (including phenoxy) is 2. The quantitative estimate of drug-likeness (QED) is 0.407. The van der Waals surface area contributed by atoms with Crippen LogP contribution in [-0.2, 0) is 14.3 Å². The molecule has 3 fully saturated rings. The monoisotopic (exact) mass is 267 g/mol. The summed E-state index contributed by atoms with van der Waals surface area (Å²) in [4.78, 5) is 10.4. The molecule has 0 aromatic heterocycles. The fraction of sp³-hybridized carbons (Fsp3) is 0.786. The Kier molecular flexibility index (Phi) is 3.60. The maximum atomic E-state index is 10.4. The molecule has 19 heavy (non-hydrogen) atoms. The second-order valence-electron chi connectivity index (χ2n) is 5.69. The Balaban J connectivity index is 1.45. The third-order valence-electron chi connectivity index (χ3n) is 4.53. The lowest BCUT2D eigenvalue weighted by Gasteiger charge is -2.23. The van der Waals surface area contributed by atoms with Crippen LogP contribution in [0.4, 0.5) is 0 Å². The summed E-state index contributed by atoms with van der Waals surface area (Å²) in [7, 11) is 0. The van der Waals surface area contributed by atoms with Gasteiger partial charge in [-0.3, -0.25) is 4.79 Å². The molecule has 0 spiro atoms. The number of allylic oxidation sites excluding steroid dienone is 2. The summed E-state index contributed by atoms with van der Waals surface area (Å²) < 4.78 is 11.5. The zero-order valence-electron chi connectivity index (χ0n) is 10.9. The molecule has 0 unspecified atom stereocenters. The van der Waals surface area contributed by atoms with Crippen LogP contribution in [0.25, 0.3) is 0 Å². The molecule has 3 rings (SSSR count). The van der Waals surface area contributed by atoms with E-state index >= 15 is 0 Å². The molecule has 3 N–H and O–H groups in total. The number of unbranched alkanes of at least 4 members (excludes halogenated alkanes) is 1. The molecule has 3 aliphatic rings. The van der Waals surface area contributed by atoms with Gasteiger partial charge in [-0.15, -0.1) is 0 Å². The molecule has 3 saturated heterocycles. The van der Waals surface area contributed by atoms with E-state index in [4.69, 9.17) is 20.3 Å². The third-order valence-corrected chi connectivity index (χ3v) is 4.53. The van der Waals surface area contributed by atoms with Crippen LogP contribution >= 0.6 is 0 Å². The highest BCUT2D eigenvalue weighted by atomic mass is 16.7. The van der Waals surface area contributed by atoms with Crippen molar-refractivity contribution >= 4 is 5.97 Å². The Bertz CT molecular complexity index is 384. The molecule has 0 aromatic rings. The number of carboxylic acids is 1. The molecule has 0 radical (unpaired) electrons. The van der Waals surface area contributed by atoms with Gasteiger partial charge in [0, 0.05) is 12.3 Å². The van der Waals surface area contributed by atoms with Crippen LogP contribution in [0, 0.1) is 11.8 Å². The van der Waals surface area contributed by atoms with Gasteiger partial charge in [0.2, 0.25) is 0 Å². The maximum Gasteiger partial charge on any atom is 0.303 e. The van der Waals surface area contributed by atoms with Crippen molar-refractivity contribution < 1.29 is 19.4 Å². The van der Waals surface area contributed by atoms with Crippen molar-refractivity contribution in [2.75, 3.05) is 6.54 Å². The molecule has 106 valence electrons. The van der Waals surface area contributed by atoms with Crippen molar-refractivity contribution in [1.29, 1.82) is 0 Å². The van der Waals surface area contributed by atoms with Crippen molar-refractivity contribution in [1.82, 2.24) is 0 Å². The lowest BCUT2D eigenvalue weighted by molar-refractivity contribution is -0.137. The van der Waals surface area contributed by atoms with E-state index in [1.807, 2.05) is 0 Å². The first-order valence-electron chi connectivity index (χ1n) is 7.10. The zero-order valence-corrected chi connectivity index (χ0v) is 10.9. The van der Waals surface area contributed by atoms with E-state index < -0.39 is 5.97 Å². The molecule has 3 heterocycles. The molecule has 5 heteroatoms. The first-order chi connectivity index (χ1) is 9.22. The van der Waals surface area contributed by atoms with Gasteiger partial charge in [0.25, 0.3) is 0 Å². The Hall–Kier alpha value is -0.910. The summed E-state index contributed by atoms with van der Waals surface area (Å²) in [6.07, 6.45) is 8.03. The first kappa shape index (κ1) is 13.1. The Morgan fingerprint density at radius 1 is 1.11 bits per heavy atom. The third kappa shape index (κ3) is 2.42. The van der Waals surface area contributed by atoms with Crippen LogP contribution in [0.1, 0.15) is 25.7 Å². The average molecular weight is 267 g/mol. The fourth-order valence-corrected chi connectivity index (χ4v) is 3.54. The number of hydrogen-bond donors (Lipinski definition) is 2. The van der Waals surface area contributed by atoms with Crippen molar-refractivity contribution in [3.05, 3.63) is 12.2 Å². The molecule has 0 amide bonds. The van der Waals surface area contributed by atoms with Gasteiger partial charge in [-0.25, -0.2) is 0 Å². The molecule has 0 aromatic carbocycles. The van der Waals surface area contributed by atoms with Gasteiger partial charge in [-0.2, -0.15) is 0 Å². The van der Waals surface area contributed by atoms with Crippen LogP contribution < -0.4 is 5.73 Å². The van der Waals surface area contributed by atoms with Crippen molar-refractivity contribution in [2.45, 2.75) is 50.1 Å². The van der Waals surface area contributed by atoms with E-state index in [9.17, 15) is 4.79 Å². The number of carbonyl (C=O) groups is 1. The van der Waals surface area contributed by atoms with Crippen LogP contribution in [0.3, 0.4) is 0 Å². The van der Waals surface area contributed by atoms with Gasteiger partial charge in [0.15, 0.2) is 0 Å². The topological polar surface area (TPSA) is 85.1 Å². The smallest absolute Gasteiger partial charge is 0.303 e. The second-order valence-corrected chi connectivity index (χ2v) is 5.69. The fourth-order valence-electron chi connectivity index (χ4n) is 3.54. The number of aliphatic carboxylic acids is 1. The molecule has 6 atom stereocenters. The lowest BCUT2D eigenvalue weighted by Crippen LogP contribution is -2.37. The minimum Gasteiger partial charge on any atom is -0.481 e. The predicted octanol–water partition coefficient (Wildman–Crippen LogP) is 0.927. The molecule has 0 aliphatic carbocycles. The van der Waals surface area contributed by atoms with Gasteiger partial charge in [0.05, 0.1) is 12.2 Å². The molecular formula is C14H21NO4. The second kappa shape index (κ2) is 5.23. The van der Waals surface area contributed by atoms with E-state index in [1.165, 1.54) is 0 Å². The number of epoxide rings is 1. The van der Waals surface area contributed by atoms with E-state index in [0.29, 0.717) is 37.0 Å². The number of rotatable bonds is 7. The van der Waals surface area contributed by atoms with Crippen molar-refractivity contribution in [3.63, 3.8) is 0 Å². The van der Waals surface area contributed by atoms with Gasteiger partial charge in [-0.05, 0) is 31.7 Å². The normalized spacial score (nSPS) is 42.8. The number of carboxylic acid groups (broad SMARTS) is 1. The van der Waals surface area contributed by atoms with E-state index in [1.54, 1.807) is 0 Å². The first-order valence-corrected chi connectivity index (χ1v) is 7.10. The number of fused-ring (bicyclic) bond motifs is 5. The Morgan fingerprint density at radius 3 is 2.47 bits per heavy atom. The summed E-state index contributed by atoms with van der Waals surface area (Å²) in [5.74, 6) is 0.155. The summed E-state index contributed by atoms with van der Waals surface area (Å²) >= 11 is 0. The number of hydrogen-bond acceptors (Lipinski definition) is 4. The molecular weight excluding hydrogens is 246 g/mol. The van der Waals surface area contributed by atoms with Gasteiger partial charge < -0.3 is 20.3 Å². The Morgan fingerprint density at radius 2 is 1.79 bits per heavy atom. The van der Waals surface area contributed by atoms with Crippen LogP contribution in [0.15, 0.2) is 12.2 Å². The molecule has 5 nitrogen and oxygen atoms in total. The summed E-state index contributed by atoms with van der Waals surface area (Å²) in [5.41, 5.74) is 5.85. The van der Waals surface area contributed by atoms with E-state index in [-0.39, 0.29) is 18.6 Å². The largest absolute Gasteiger partial charge is 0.481 e. The highest BCUT2D eigenvalue weighted by Crippen LogP contribution is 2.54. The summed E-state index contributed by atoms with van der Waals surface area (Å²) in [5, 5.41) is 8.55. The van der Waals surface area contributed by atoms with Crippen LogP contribution in [0.5, 0.6) is 0 Å². The van der Waals surface area contributed by atoms with Crippen molar-refractivity contribution in [3.8, 4) is 0 Å².